The van der Waals surface area contributed by atoms with Gasteiger partial charge in [-0.05, 0) is 36.6 Å². The van der Waals surface area contributed by atoms with Crippen LogP contribution in [0.4, 0.5) is 0 Å². The number of hydrogen-bond acceptors (Lipinski definition) is 2. The molecule has 0 bridgehead atoms. The molecule has 0 spiro atoms. The number of ether oxygens (including phenoxy) is 1. The molecule has 96 valence electrons. The van der Waals surface area contributed by atoms with Crippen LogP contribution in [0, 0.1) is 5.41 Å². The quantitative estimate of drug-likeness (QED) is 0.882. The van der Waals surface area contributed by atoms with Gasteiger partial charge in [-0.15, -0.1) is 0 Å². The highest BCUT2D eigenvalue weighted by Crippen LogP contribution is 2.39. The summed E-state index contributed by atoms with van der Waals surface area (Å²) in [5.74, 6) is 0.879. The molecule has 0 saturated heterocycles. The minimum Gasteiger partial charge on any atom is -0.497 e. The lowest BCUT2D eigenvalue weighted by Gasteiger charge is -2.34. The monoisotopic (exact) mass is 299 g/mol. The van der Waals surface area contributed by atoms with Crippen molar-refractivity contribution in [2.45, 2.75) is 33.2 Å². The Morgan fingerprint density at radius 2 is 2.06 bits per heavy atom. The van der Waals surface area contributed by atoms with Crippen LogP contribution in [0.5, 0.6) is 5.75 Å². The summed E-state index contributed by atoms with van der Waals surface area (Å²) in [6, 6.07) is 6.48. The van der Waals surface area contributed by atoms with Crippen molar-refractivity contribution in [1.29, 1.82) is 0 Å². The van der Waals surface area contributed by atoms with Gasteiger partial charge in [-0.2, -0.15) is 0 Å². The molecule has 0 aromatic heterocycles. The van der Waals surface area contributed by atoms with E-state index in [2.05, 4.69) is 48.1 Å². The Labute approximate surface area is 113 Å². The van der Waals surface area contributed by atoms with Crippen molar-refractivity contribution in [1.82, 2.24) is 5.32 Å². The third-order valence-electron chi connectivity index (χ3n) is 3.50. The summed E-state index contributed by atoms with van der Waals surface area (Å²) in [5.41, 5.74) is 1.49. The molecule has 3 heteroatoms. The zero-order chi connectivity index (χ0) is 13.1. The maximum Gasteiger partial charge on any atom is 0.120 e. The van der Waals surface area contributed by atoms with Crippen LogP contribution >= 0.6 is 15.9 Å². The Balaban J connectivity index is 3.13. The Morgan fingerprint density at radius 3 is 2.47 bits per heavy atom. The highest BCUT2D eigenvalue weighted by Gasteiger charge is 2.29. The maximum atomic E-state index is 5.22. The van der Waals surface area contributed by atoms with Gasteiger partial charge in [-0.25, -0.2) is 0 Å². The zero-order valence-electron chi connectivity index (χ0n) is 11.3. The Hall–Kier alpha value is -0.540. The number of hydrogen-bond donors (Lipinski definition) is 1. The highest BCUT2D eigenvalue weighted by molar-refractivity contribution is 9.10. The fourth-order valence-corrected chi connectivity index (χ4v) is 2.63. The molecule has 0 aliphatic carbocycles. The SMILES string of the molecule is CCC(C)(C)C(NC)c1ccc(OC)cc1Br. The average Bonchev–Trinajstić information content (AvgIpc) is 2.31. The lowest BCUT2D eigenvalue weighted by molar-refractivity contribution is 0.244. The molecule has 1 atom stereocenters. The first-order valence-electron chi connectivity index (χ1n) is 5.97. The molecule has 2 nitrogen and oxygen atoms in total. The van der Waals surface area contributed by atoms with Gasteiger partial charge in [-0.1, -0.05) is 42.8 Å². The van der Waals surface area contributed by atoms with E-state index in [-0.39, 0.29) is 5.41 Å². The van der Waals surface area contributed by atoms with Gasteiger partial charge in [0.1, 0.15) is 5.75 Å². The fourth-order valence-electron chi connectivity index (χ4n) is 2.04. The molecule has 1 rings (SSSR count). The zero-order valence-corrected chi connectivity index (χ0v) is 12.9. The van der Waals surface area contributed by atoms with Gasteiger partial charge in [0.2, 0.25) is 0 Å². The second-order valence-corrected chi connectivity index (χ2v) is 5.81. The van der Waals surface area contributed by atoms with Gasteiger partial charge in [0.15, 0.2) is 0 Å². The summed E-state index contributed by atoms with van der Waals surface area (Å²) in [7, 11) is 3.70. The minimum absolute atomic E-state index is 0.214. The van der Waals surface area contributed by atoms with Crippen LogP contribution in [0.3, 0.4) is 0 Å². The summed E-state index contributed by atoms with van der Waals surface area (Å²) >= 11 is 3.63. The van der Waals surface area contributed by atoms with Crippen LogP contribution in [-0.4, -0.2) is 14.2 Å². The summed E-state index contributed by atoms with van der Waals surface area (Å²) in [5, 5.41) is 3.42. The molecule has 1 aromatic carbocycles. The molecular weight excluding hydrogens is 278 g/mol. The minimum atomic E-state index is 0.214. The van der Waals surface area contributed by atoms with E-state index in [1.54, 1.807) is 7.11 Å². The first kappa shape index (κ1) is 14.5. The molecule has 0 amide bonds. The maximum absolute atomic E-state index is 5.22. The smallest absolute Gasteiger partial charge is 0.120 e. The molecule has 0 fully saturated rings. The van der Waals surface area contributed by atoms with Gasteiger partial charge in [0.05, 0.1) is 7.11 Å². The molecule has 17 heavy (non-hydrogen) atoms. The van der Waals surface area contributed by atoms with E-state index in [1.165, 1.54) is 5.56 Å². The number of benzene rings is 1. The lowest BCUT2D eigenvalue weighted by atomic mass is 9.78. The molecule has 0 saturated carbocycles. The van der Waals surface area contributed by atoms with Crippen molar-refractivity contribution in [3.05, 3.63) is 28.2 Å². The van der Waals surface area contributed by atoms with Gasteiger partial charge >= 0.3 is 0 Å². The summed E-state index contributed by atoms with van der Waals surface area (Å²) in [6.45, 7) is 6.79. The molecule has 0 aliphatic rings. The van der Waals surface area contributed by atoms with E-state index in [9.17, 15) is 0 Å². The molecule has 0 radical (unpaired) electrons. The first-order chi connectivity index (χ1) is 7.96. The number of halogens is 1. The van der Waals surface area contributed by atoms with E-state index >= 15 is 0 Å². The molecule has 1 aromatic rings. The molecular formula is C14H22BrNO. The van der Waals surface area contributed by atoms with Crippen molar-refractivity contribution in [3.63, 3.8) is 0 Å². The van der Waals surface area contributed by atoms with E-state index in [0.717, 1.165) is 16.6 Å². The molecule has 1 unspecified atom stereocenters. The number of methoxy groups -OCH3 is 1. The van der Waals surface area contributed by atoms with Crippen molar-refractivity contribution in [2.75, 3.05) is 14.2 Å². The Bertz CT molecular complexity index is 376. The second-order valence-electron chi connectivity index (χ2n) is 4.95. The number of nitrogens with one attached hydrogen (secondary N) is 1. The first-order valence-corrected chi connectivity index (χ1v) is 6.76. The third kappa shape index (κ3) is 3.23. The van der Waals surface area contributed by atoms with E-state index in [1.807, 2.05) is 19.2 Å². The van der Waals surface area contributed by atoms with Crippen molar-refractivity contribution in [3.8, 4) is 5.75 Å². The number of rotatable bonds is 5. The van der Waals surface area contributed by atoms with Crippen LogP contribution in [0.1, 0.15) is 38.8 Å². The van der Waals surface area contributed by atoms with Crippen LogP contribution in [-0.2, 0) is 0 Å². The molecule has 1 N–H and O–H groups in total. The van der Waals surface area contributed by atoms with Gasteiger partial charge in [0.25, 0.3) is 0 Å². The topological polar surface area (TPSA) is 21.3 Å². The van der Waals surface area contributed by atoms with E-state index in [4.69, 9.17) is 4.74 Å². The molecule has 0 aliphatic heterocycles. The summed E-state index contributed by atoms with van der Waals surface area (Å²) < 4.78 is 6.32. The van der Waals surface area contributed by atoms with Crippen molar-refractivity contribution < 1.29 is 4.74 Å². The Morgan fingerprint density at radius 1 is 1.41 bits per heavy atom. The standard InChI is InChI=1S/C14H22BrNO/c1-6-14(2,3)13(16-4)11-8-7-10(17-5)9-12(11)15/h7-9,13,16H,6H2,1-5H3. The van der Waals surface area contributed by atoms with Crippen LogP contribution in [0.15, 0.2) is 22.7 Å². The van der Waals surface area contributed by atoms with Crippen molar-refractivity contribution in [2.24, 2.45) is 5.41 Å². The molecule has 0 heterocycles. The largest absolute Gasteiger partial charge is 0.497 e. The van der Waals surface area contributed by atoms with Crippen LogP contribution in [0.2, 0.25) is 0 Å². The lowest BCUT2D eigenvalue weighted by Crippen LogP contribution is -2.31. The third-order valence-corrected chi connectivity index (χ3v) is 4.19. The van der Waals surface area contributed by atoms with E-state index < -0.39 is 0 Å². The van der Waals surface area contributed by atoms with Crippen LogP contribution < -0.4 is 10.1 Å². The van der Waals surface area contributed by atoms with Gasteiger partial charge in [-0.3, -0.25) is 0 Å². The average molecular weight is 300 g/mol. The van der Waals surface area contributed by atoms with Crippen LogP contribution in [0.25, 0.3) is 0 Å². The van der Waals surface area contributed by atoms with E-state index in [0.29, 0.717) is 6.04 Å². The van der Waals surface area contributed by atoms with Gasteiger partial charge in [0, 0.05) is 10.5 Å². The van der Waals surface area contributed by atoms with Gasteiger partial charge < -0.3 is 10.1 Å². The fraction of sp³-hybridized carbons (Fsp3) is 0.571. The second kappa shape index (κ2) is 5.87. The normalized spacial score (nSPS) is 13.5. The predicted molar refractivity (Wildman–Crippen MR) is 76.6 cm³/mol. The Kier molecular flexibility index (Phi) is 5.02. The highest BCUT2D eigenvalue weighted by atomic mass is 79.9. The summed E-state index contributed by atoms with van der Waals surface area (Å²) in [6.07, 6.45) is 1.12. The van der Waals surface area contributed by atoms with Crippen molar-refractivity contribution >= 4 is 15.9 Å². The predicted octanol–water partition coefficient (Wildman–Crippen LogP) is 4.15. The summed E-state index contributed by atoms with van der Waals surface area (Å²) in [4.78, 5) is 0.